The van der Waals surface area contributed by atoms with Gasteiger partial charge in [-0.1, -0.05) is 12.1 Å². The Morgan fingerprint density at radius 1 is 1.04 bits per heavy atom. The minimum atomic E-state index is -3.61. The molecule has 0 radical (unpaired) electrons. The molecule has 3 heterocycles. The molecular formula is C21H18N2O4S. The van der Waals surface area contributed by atoms with Gasteiger partial charge < -0.3 is 14.4 Å². The first kappa shape index (κ1) is 17.1. The van der Waals surface area contributed by atoms with Crippen molar-refractivity contribution in [2.45, 2.75) is 28.8 Å². The van der Waals surface area contributed by atoms with Gasteiger partial charge in [0.25, 0.3) is 0 Å². The summed E-state index contributed by atoms with van der Waals surface area (Å²) in [6.45, 7) is 0.790. The van der Waals surface area contributed by atoms with E-state index >= 15 is 0 Å². The largest absolute Gasteiger partial charge is 0.454 e. The molecule has 0 fully saturated rings. The lowest BCUT2D eigenvalue weighted by Crippen LogP contribution is -2.17. The van der Waals surface area contributed by atoms with Crippen molar-refractivity contribution in [2.75, 3.05) is 6.79 Å². The van der Waals surface area contributed by atoms with Crippen LogP contribution in [0, 0.1) is 0 Å². The molecule has 2 aromatic carbocycles. The molecule has 0 aromatic heterocycles. The highest BCUT2D eigenvalue weighted by Crippen LogP contribution is 2.35. The second-order valence-corrected chi connectivity index (χ2v) is 8.81. The van der Waals surface area contributed by atoms with E-state index in [1.54, 1.807) is 24.3 Å². The molecule has 0 bridgehead atoms. The third kappa shape index (κ3) is 2.97. The number of fused-ring (bicyclic) bond motifs is 2. The van der Waals surface area contributed by atoms with Gasteiger partial charge >= 0.3 is 0 Å². The molecule has 3 aliphatic heterocycles. The van der Waals surface area contributed by atoms with E-state index in [-0.39, 0.29) is 22.6 Å². The van der Waals surface area contributed by atoms with Crippen LogP contribution in [0.3, 0.4) is 0 Å². The fourth-order valence-corrected chi connectivity index (χ4v) is 4.78. The molecule has 1 atom stereocenters. The maximum atomic E-state index is 12.9. The highest BCUT2D eigenvalue weighted by Gasteiger charge is 2.22. The standard InChI is InChI=1S/C21H18N2O4S/c24-28(25,18-5-6-20-21(11-18)27-14-26-20)17-3-1-15(2-4-17)12-23-10-8-19-16(13-23)7-9-22-19/h1-6,8-11,13,19H,7,12,14H2. The smallest absolute Gasteiger partial charge is 0.231 e. The van der Waals surface area contributed by atoms with Crippen LogP contribution in [-0.2, 0) is 16.4 Å². The van der Waals surface area contributed by atoms with Crippen LogP contribution in [0.4, 0.5) is 0 Å². The number of ether oxygens (including phenoxy) is 2. The van der Waals surface area contributed by atoms with Gasteiger partial charge in [0, 0.05) is 37.6 Å². The topological polar surface area (TPSA) is 68.2 Å². The van der Waals surface area contributed by atoms with E-state index in [9.17, 15) is 8.42 Å². The SMILES string of the molecule is O=S(=O)(c1ccc(CN2C=CC3N=CCC3=C2)cc1)c1ccc2c(c1)OCO2. The fraction of sp³-hybridized carbons (Fsp3) is 0.190. The van der Waals surface area contributed by atoms with Crippen LogP contribution in [0.2, 0.25) is 0 Å². The molecule has 142 valence electrons. The van der Waals surface area contributed by atoms with Crippen molar-refractivity contribution in [2.24, 2.45) is 4.99 Å². The van der Waals surface area contributed by atoms with E-state index in [0.29, 0.717) is 18.0 Å². The first-order chi connectivity index (χ1) is 13.6. The van der Waals surface area contributed by atoms with Gasteiger partial charge in [-0.15, -0.1) is 0 Å². The number of nitrogens with zero attached hydrogens (tertiary/aromatic N) is 2. The Kier molecular flexibility index (Phi) is 3.98. The van der Waals surface area contributed by atoms with Gasteiger partial charge in [0.1, 0.15) is 0 Å². The van der Waals surface area contributed by atoms with E-state index in [0.717, 1.165) is 12.0 Å². The molecule has 2 aromatic rings. The first-order valence-electron chi connectivity index (χ1n) is 8.99. The number of benzene rings is 2. The molecule has 7 heteroatoms. The van der Waals surface area contributed by atoms with Gasteiger partial charge in [0.05, 0.1) is 15.8 Å². The third-order valence-corrected chi connectivity index (χ3v) is 6.78. The maximum Gasteiger partial charge on any atom is 0.231 e. The van der Waals surface area contributed by atoms with Crippen LogP contribution >= 0.6 is 0 Å². The zero-order valence-electron chi connectivity index (χ0n) is 15.0. The summed E-state index contributed by atoms with van der Waals surface area (Å²) in [5.74, 6) is 1.02. The molecule has 1 unspecified atom stereocenters. The van der Waals surface area contributed by atoms with Crippen molar-refractivity contribution >= 4 is 16.1 Å². The molecule has 0 aliphatic carbocycles. The predicted octanol–water partition coefficient (Wildman–Crippen LogP) is 3.30. The summed E-state index contributed by atoms with van der Waals surface area (Å²) in [4.78, 5) is 6.95. The Labute approximate surface area is 163 Å². The van der Waals surface area contributed by atoms with Gasteiger partial charge in [-0.05, 0) is 41.5 Å². The Hall–Kier alpha value is -3.06. The molecule has 0 N–H and O–H groups in total. The molecule has 0 spiro atoms. The number of hydrogen-bond acceptors (Lipinski definition) is 6. The van der Waals surface area contributed by atoms with Crippen LogP contribution < -0.4 is 9.47 Å². The Balaban J connectivity index is 1.35. The summed E-state index contributed by atoms with van der Waals surface area (Å²) in [7, 11) is -3.61. The lowest BCUT2D eigenvalue weighted by molar-refractivity contribution is 0.174. The molecule has 0 amide bonds. The van der Waals surface area contributed by atoms with Crippen molar-refractivity contribution in [3.8, 4) is 11.5 Å². The van der Waals surface area contributed by atoms with Gasteiger partial charge in [-0.3, -0.25) is 4.99 Å². The lowest BCUT2D eigenvalue weighted by Gasteiger charge is -2.22. The average Bonchev–Trinajstić information content (AvgIpc) is 3.36. The monoisotopic (exact) mass is 394 g/mol. The molecule has 0 saturated carbocycles. The zero-order chi connectivity index (χ0) is 19.1. The van der Waals surface area contributed by atoms with Crippen molar-refractivity contribution in [1.82, 2.24) is 4.90 Å². The van der Waals surface area contributed by atoms with E-state index in [4.69, 9.17) is 9.47 Å². The van der Waals surface area contributed by atoms with Crippen LogP contribution in [0.5, 0.6) is 11.5 Å². The van der Waals surface area contributed by atoms with Gasteiger partial charge in [-0.2, -0.15) is 0 Å². The zero-order valence-corrected chi connectivity index (χ0v) is 15.8. The molecule has 3 aliphatic rings. The van der Waals surface area contributed by atoms with Gasteiger partial charge in [0.15, 0.2) is 11.5 Å². The highest BCUT2D eigenvalue weighted by atomic mass is 32.2. The molecule has 6 nitrogen and oxygen atoms in total. The quantitative estimate of drug-likeness (QED) is 0.796. The fourth-order valence-electron chi connectivity index (χ4n) is 3.50. The summed E-state index contributed by atoms with van der Waals surface area (Å²) in [6, 6.07) is 11.9. The second-order valence-electron chi connectivity index (χ2n) is 6.86. The summed E-state index contributed by atoms with van der Waals surface area (Å²) >= 11 is 0. The molecule has 0 saturated heterocycles. The number of rotatable bonds is 4. The molecule has 5 rings (SSSR count). The Morgan fingerprint density at radius 3 is 2.68 bits per heavy atom. The molecular weight excluding hydrogens is 376 g/mol. The summed E-state index contributed by atoms with van der Waals surface area (Å²) in [5, 5.41) is 0. The minimum absolute atomic E-state index is 0.113. The van der Waals surface area contributed by atoms with Crippen LogP contribution in [0.1, 0.15) is 12.0 Å². The van der Waals surface area contributed by atoms with E-state index < -0.39 is 9.84 Å². The van der Waals surface area contributed by atoms with Crippen LogP contribution in [0.15, 0.2) is 81.3 Å². The second kappa shape index (κ2) is 6.53. The third-order valence-electron chi connectivity index (χ3n) is 5.02. The Morgan fingerprint density at radius 2 is 1.82 bits per heavy atom. The Bertz CT molecular complexity index is 1120. The number of aliphatic imine (C=N–C) groups is 1. The van der Waals surface area contributed by atoms with Crippen molar-refractivity contribution < 1.29 is 17.9 Å². The maximum absolute atomic E-state index is 12.9. The summed E-state index contributed by atoms with van der Waals surface area (Å²) in [5.41, 5.74) is 2.31. The van der Waals surface area contributed by atoms with Crippen molar-refractivity contribution in [3.63, 3.8) is 0 Å². The minimum Gasteiger partial charge on any atom is -0.454 e. The summed E-state index contributed by atoms with van der Waals surface area (Å²) < 4.78 is 36.4. The predicted molar refractivity (Wildman–Crippen MR) is 104 cm³/mol. The van der Waals surface area contributed by atoms with Gasteiger partial charge in [-0.25, -0.2) is 8.42 Å². The van der Waals surface area contributed by atoms with Gasteiger partial charge in [0.2, 0.25) is 16.6 Å². The van der Waals surface area contributed by atoms with Crippen LogP contribution in [0.25, 0.3) is 0 Å². The van der Waals surface area contributed by atoms with E-state index in [1.807, 2.05) is 24.5 Å². The first-order valence-corrected chi connectivity index (χ1v) is 10.5. The van der Waals surface area contributed by atoms with Crippen molar-refractivity contribution in [1.29, 1.82) is 0 Å². The normalized spacial score (nSPS) is 19.6. The number of sulfone groups is 1. The number of hydrogen-bond donors (Lipinski definition) is 0. The lowest BCUT2D eigenvalue weighted by atomic mass is 10.1. The van der Waals surface area contributed by atoms with E-state index in [2.05, 4.69) is 22.2 Å². The highest BCUT2D eigenvalue weighted by molar-refractivity contribution is 7.91. The molecule has 28 heavy (non-hydrogen) atoms. The average molecular weight is 394 g/mol. The van der Waals surface area contributed by atoms with Crippen LogP contribution in [-0.4, -0.2) is 32.4 Å². The summed E-state index contributed by atoms with van der Waals surface area (Å²) in [6.07, 6.45) is 9.05. The van der Waals surface area contributed by atoms with E-state index in [1.165, 1.54) is 11.6 Å². The van der Waals surface area contributed by atoms with Crippen molar-refractivity contribution in [3.05, 3.63) is 72.1 Å².